The number of aliphatic carboxylic acids is 1. The summed E-state index contributed by atoms with van der Waals surface area (Å²) >= 11 is 11.5. The van der Waals surface area contributed by atoms with Crippen LogP contribution in [0.2, 0.25) is 10.0 Å². The Kier molecular flexibility index (Phi) is 4.02. The maximum Gasteiger partial charge on any atom is 0.339 e. The fraction of sp³-hybridized carbons (Fsp3) is 0.300. The van der Waals surface area contributed by atoms with Gasteiger partial charge < -0.3 is 14.9 Å². The maximum absolute atomic E-state index is 10.6. The highest BCUT2D eigenvalue weighted by atomic mass is 35.5. The Morgan fingerprint density at radius 3 is 2.62 bits per heavy atom. The molecule has 0 saturated carbocycles. The molecule has 88 valence electrons. The van der Waals surface area contributed by atoms with Crippen molar-refractivity contribution in [2.45, 2.75) is 12.5 Å². The standard InChI is InChI=1S/C10H10Cl2O4/c1-10(15,9(13)14)5-16-8-3-2-6(11)4-7(8)12/h2-4,15H,5H2,1H3,(H,13,14). The number of hydrogen-bond acceptors (Lipinski definition) is 3. The number of carboxylic acids is 1. The molecular formula is C10H10Cl2O4. The summed E-state index contributed by atoms with van der Waals surface area (Å²) < 4.78 is 5.10. The lowest BCUT2D eigenvalue weighted by atomic mass is 10.1. The lowest BCUT2D eigenvalue weighted by Crippen LogP contribution is -2.41. The molecule has 16 heavy (non-hydrogen) atoms. The molecule has 0 bridgehead atoms. The fourth-order valence-electron chi connectivity index (χ4n) is 0.872. The summed E-state index contributed by atoms with van der Waals surface area (Å²) in [6, 6.07) is 4.52. The molecule has 0 amide bonds. The zero-order valence-corrected chi connectivity index (χ0v) is 9.92. The number of ether oxygens (including phenoxy) is 1. The molecule has 2 N–H and O–H groups in total. The van der Waals surface area contributed by atoms with Gasteiger partial charge in [0.2, 0.25) is 0 Å². The van der Waals surface area contributed by atoms with E-state index in [1.54, 1.807) is 6.07 Å². The predicted molar refractivity (Wildman–Crippen MR) is 60.2 cm³/mol. The average molecular weight is 265 g/mol. The van der Waals surface area contributed by atoms with E-state index in [0.29, 0.717) is 5.02 Å². The predicted octanol–water partition coefficient (Wildman–Crippen LogP) is 2.21. The van der Waals surface area contributed by atoms with E-state index in [1.165, 1.54) is 12.1 Å². The van der Waals surface area contributed by atoms with Gasteiger partial charge in [-0.05, 0) is 25.1 Å². The van der Waals surface area contributed by atoms with E-state index in [1.807, 2.05) is 0 Å². The zero-order chi connectivity index (χ0) is 12.3. The van der Waals surface area contributed by atoms with Gasteiger partial charge in [0.05, 0.1) is 5.02 Å². The second-order valence-corrected chi connectivity index (χ2v) is 4.29. The van der Waals surface area contributed by atoms with Crippen molar-refractivity contribution < 1.29 is 19.7 Å². The minimum absolute atomic E-state index is 0.258. The van der Waals surface area contributed by atoms with Gasteiger partial charge in [-0.1, -0.05) is 23.2 Å². The van der Waals surface area contributed by atoms with Gasteiger partial charge in [-0.25, -0.2) is 4.79 Å². The van der Waals surface area contributed by atoms with Crippen molar-refractivity contribution >= 4 is 29.2 Å². The molecule has 0 aliphatic heterocycles. The van der Waals surface area contributed by atoms with E-state index >= 15 is 0 Å². The molecule has 0 saturated heterocycles. The molecule has 1 atom stereocenters. The summed E-state index contributed by atoms with van der Waals surface area (Å²) in [6.07, 6.45) is 0. The summed E-state index contributed by atoms with van der Waals surface area (Å²) in [6.45, 7) is 0.739. The number of carbonyl (C=O) groups is 1. The van der Waals surface area contributed by atoms with Crippen molar-refractivity contribution in [3.05, 3.63) is 28.2 Å². The van der Waals surface area contributed by atoms with Crippen LogP contribution in [-0.2, 0) is 4.79 Å². The normalized spacial score (nSPS) is 14.2. The number of halogens is 2. The number of carboxylic acid groups (broad SMARTS) is 1. The molecule has 1 rings (SSSR count). The third-order valence-corrected chi connectivity index (χ3v) is 2.39. The largest absolute Gasteiger partial charge is 0.488 e. The quantitative estimate of drug-likeness (QED) is 0.875. The Bertz CT molecular complexity index is 404. The molecule has 0 fully saturated rings. The van der Waals surface area contributed by atoms with Crippen LogP contribution in [-0.4, -0.2) is 28.4 Å². The fourth-order valence-corrected chi connectivity index (χ4v) is 1.34. The Morgan fingerprint density at radius 1 is 1.50 bits per heavy atom. The van der Waals surface area contributed by atoms with Crippen molar-refractivity contribution in [1.29, 1.82) is 0 Å². The molecule has 0 aliphatic rings. The second kappa shape index (κ2) is 4.91. The van der Waals surface area contributed by atoms with Crippen LogP contribution in [0.15, 0.2) is 18.2 Å². The first-order chi connectivity index (χ1) is 7.33. The van der Waals surface area contributed by atoms with Crippen LogP contribution in [0.3, 0.4) is 0 Å². The molecular weight excluding hydrogens is 255 g/mol. The maximum atomic E-state index is 10.6. The van der Waals surface area contributed by atoms with E-state index in [0.717, 1.165) is 6.92 Å². The van der Waals surface area contributed by atoms with Crippen molar-refractivity contribution in [3.63, 3.8) is 0 Å². The number of rotatable bonds is 4. The van der Waals surface area contributed by atoms with Gasteiger partial charge >= 0.3 is 5.97 Å². The van der Waals surface area contributed by atoms with Crippen molar-refractivity contribution in [2.75, 3.05) is 6.61 Å². The molecule has 4 nitrogen and oxygen atoms in total. The van der Waals surface area contributed by atoms with Crippen LogP contribution in [0, 0.1) is 0 Å². The van der Waals surface area contributed by atoms with E-state index in [4.69, 9.17) is 33.0 Å². The molecule has 1 aromatic rings. The van der Waals surface area contributed by atoms with E-state index in [2.05, 4.69) is 0 Å². The van der Waals surface area contributed by atoms with E-state index in [9.17, 15) is 9.90 Å². The molecule has 0 aromatic heterocycles. The molecule has 0 aliphatic carbocycles. The minimum Gasteiger partial charge on any atom is -0.488 e. The Labute approximate surface area is 102 Å². The highest BCUT2D eigenvalue weighted by Crippen LogP contribution is 2.28. The summed E-state index contributed by atoms with van der Waals surface area (Å²) in [5.41, 5.74) is -1.96. The summed E-state index contributed by atoms with van der Waals surface area (Å²) in [7, 11) is 0. The molecule has 0 radical (unpaired) electrons. The minimum atomic E-state index is -1.96. The number of hydrogen-bond donors (Lipinski definition) is 2. The van der Waals surface area contributed by atoms with Gasteiger partial charge in [-0.2, -0.15) is 0 Å². The molecule has 6 heteroatoms. The average Bonchev–Trinajstić information content (AvgIpc) is 2.16. The topological polar surface area (TPSA) is 66.8 Å². The van der Waals surface area contributed by atoms with Gasteiger partial charge in [0, 0.05) is 5.02 Å². The van der Waals surface area contributed by atoms with Gasteiger partial charge in [0.15, 0.2) is 5.60 Å². The molecule has 0 spiro atoms. The Balaban J connectivity index is 2.72. The van der Waals surface area contributed by atoms with E-state index < -0.39 is 18.2 Å². The number of benzene rings is 1. The highest BCUT2D eigenvalue weighted by Gasteiger charge is 2.31. The first kappa shape index (κ1) is 13.1. The van der Waals surface area contributed by atoms with Crippen LogP contribution < -0.4 is 4.74 Å². The first-order valence-corrected chi connectivity index (χ1v) is 5.12. The van der Waals surface area contributed by atoms with Crippen LogP contribution in [0.4, 0.5) is 0 Å². The van der Waals surface area contributed by atoms with Crippen molar-refractivity contribution in [2.24, 2.45) is 0 Å². The highest BCUT2D eigenvalue weighted by molar-refractivity contribution is 6.35. The van der Waals surface area contributed by atoms with Crippen LogP contribution in [0.25, 0.3) is 0 Å². The summed E-state index contributed by atoms with van der Waals surface area (Å²) in [5.74, 6) is -1.09. The SMILES string of the molecule is CC(O)(COc1ccc(Cl)cc1Cl)C(=O)O. The molecule has 1 unspecified atom stereocenters. The van der Waals surface area contributed by atoms with Crippen LogP contribution >= 0.6 is 23.2 Å². The summed E-state index contributed by atoms with van der Waals surface area (Å²) in [5, 5.41) is 18.8. The smallest absolute Gasteiger partial charge is 0.339 e. The third-order valence-electron chi connectivity index (χ3n) is 1.86. The monoisotopic (exact) mass is 264 g/mol. The van der Waals surface area contributed by atoms with Gasteiger partial charge in [0.1, 0.15) is 12.4 Å². The van der Waals surface area contributed by atoms with Crippen LogP contribution in [0.1, 0.15) is 6.92 Å². The molecule has 1 aromatic carbocycles. The summed E-state index contributed by atoms with van der Waals surface area (Å²) in [4.78, 5) is 10.6. The first-order valence-electron chi connectivity index (χ1n) is 4.36. The number of aliphatic hydroxyl groups is 1. The van der Waals surface area contributed by atoms with E-state index in [-0.39, 0.29) is 10.8 Å². The van der Waals surface area contributed by atoms with Crippen molar-refractivity contribution in [1.82, 2.24) is 0 Å². The van der Waals surface area contributed by atoms with Gasteiger partial charge in [0.25, 0.3) is 0 Å². The molecule has 0 heterocycles. The lowest BCUT2D eigenvalue weighted by molar-refractivity contribution is -0.159. The van der Waals surface area contributed by atoms with Gasteiger partial charge in [-0.15, -0.1) is 0 Å². The Hall–Kier alpha value is -0.970. The van der Waals surface area contributed by atoms with Crippen LogP contribution in [0.5, 0.6) is 5.75 Å². The Morgan fingerprint density at radius 2 is 2.12 bits per heavy atom. The third kappa shape index (κ3) is 3.27. The van der Waals surface area contributed by atoms with Crippen molar-refractivity contribution in [3.8, 4) is 5.75 Å². The second-order valence-electron chi connectivity index (χ2n) is 3.44. The van der Waals surface area contributed by atoms with Gasteiger partial charge in [-0.3, -0.25) is 0 Å². The lowest BCUT2D eigenvalue weighted by Gasteiger charge is -2.18. The zero-order valence-electron chi connectivity index (χ0n) is 8.41.